The number of aryl methyl sites for hydroxylation is 1. The Morgan fingerprint density at radius 1 is 1.18 bits per heavy atom. The van der Waals surface area contributed by atoms with Gasteiger partial charge in [0.2, 0.25) is 0 Å². The van der Waals surface area contributed by atoms with Gasteiger partial charge in [0.05, 0.1) is 6.54 Å². The Kier molecular flexibility index (Phi) is 4.48. The molecule has 2 N–H and O–H groups in total. The van der Waals surface area contributed by atoms with Crippen molar-refractivity contribution in [1.82, 2.24) is 10.6 Å². The van der Waals surface area contributed by atoms with Crippen LogP contribution in [0, 0.1) is 6.92 Å². The molecule has 1 saturated carbocycles. The highest BCUT2D eigenvalue weighted by molar-refractivity contribution is 7.10. The predicted octanol–water partition coefficient (Wildman–Crippen LogP) is 3.45. The average Bonchev–Trinajstić information content (AvgIpc) is 3.25. The summed E-state index contributed by atoms with van der Waals surface area (Å²) in [5.74, 6) is 0.884. The largest absolute Gasteiger partial charge is 0.356 e. The number of benzene rings is 1. The zero-order chi connectivity index (χ0) is 15.4. The van der Waals surface area contributed by atoms with Gasteiger partial charge in [-0.15, -0.1) is 11.3 Å². The maximum atomic E-state index is 4.34. The molecule has 0 radical (unpaired) electrons. The van der Waals surface area contributed by atoms with E-state index in [4.69, 9.17) is 0 Å². The Labute approximate surface area is 136 Å². The minimum Gasteiger partial charge on any atom is -0.356 e. The number of rotatable bonds is 5. The van der Waals surface area contributed by atoms with E-state index in [1.54, 1.807) is 11.3 Å². The van der Waals surface area contributed by atoms with Gasteiger partial charge >= 0.3 is 0 Å². The molecule has 1 heterocycles. The van der Waals surface area contributed by atoms with Crippen molar-refractivity contribution in [2.75, 3.05) is 13.6 Å². The molecule has 4 heteroatoms. The van der Waals surface area contributed by atoms with Crippen LogP contribution in [-0.4, -0.2) is 19.6 Å². The van der Waals surface area contributed by atoms with Crippen molar-refractivity contribution in [3.63, 3.8) is 0 Å². The molecule has 1 fully saturated rings. The molecule has 0 unspecified atom stereocenters. The fourth-order valence-corrected chi connectivity index (χ4v) is 3.58. The topological polar surface area (TPSA) is 36.4 Å². The summed E-state index contributed by atoms with van der Waals surface area (Å²) in [5.41, 5.74) is 3.08. The maximum Gasteiger partial charge on any atom is 0.191 e. The first-order valence-electron chi connectivity index (χ1n) is 7.76. The molecule has 22 heavy (non-hydrogen) atoms. The lowest BCUT2D eigenvalue weighted by molar-refractivity contribution is 0.646. The zero-order valence-electron chi connectivity index (χ0n) is 13.2. The van der Waals surface area contributed by atoms with Gasteiger partial charge in [0.1, 0.15) is 0 Å². The predicted molar refractivity (Wildman–Crippen MR) is 94.6 cm³/mol. The molecule has 0 spiro atoms. The first-order valence-corrected chi connectivity index (χ1v) is 8.64. The quantitative estimate of drug-likeness (QED) is 0.655. The molecular weight excluding hydrogens is 290 g/mol. The van der Waals surface area contributed by atoms with Crippen LogP contribution in [0.25, 0.3) is 0 Å². The standard InChI is InChI=1S/C18H23N3S/c1-14-8-11-22-16(14)12-20-17(19-2)21-13-18(9-10-18)15-6-4-3-5-7-15/h3-8,11H,9-10,12-13H2,1-2H3,(H2,19,20,21). The van der Waals surface area contributed by atoms with Crippen molar-refractivity contribution >= 4 is 17.3 Å². The summed E-state index contributed by atoms with van der Waals surface area (Å²) >= 11 is 1.79. The summed E-state index contributed by atoms with van der Waals surface area (Å²) in [4.78, 5) is 5.71. The van der Waals surface area contributed by atoms with Crippen LogP contribution < -0.4 is 10.6 Å². The number of guanidine groups is 1. The van der Waals surface area contributed by atoms with Crippen molar-refractivity contribution in [2.24, 2.45) is 4.99 Å². The van der Waals surface area contributed by atoms with Crippen molar-refractivity contribution in [3.8, 4) is 0 Å². The van der Waals surface area contributed by atoms with E-state index in [9.17, 15) is 0 Å². The molecule has 3 rings (SSSR count). The first-order chi connectivity index (χ1) is 10.7. The van der Waals surface area contributed by atoms with E-state index in [1.165, 1.54) is 28.8 Å². The Balaban J connectivity index is 1.55. The van der Waals surface area contributed by atoms with Crippen LogP contribution in [0.1, 0.15) is 28.8 Å². The number of aliphatic imine (C=N–C) groups is 1. The van der Waals surface area contributed by atoms with Gasteiger partial charge in [-0.25, -0.2) is 0 Å². The number of nitrogens with one attached hydrogen (secondary N) is 2. The minimum absolute atomic E-state index is 0.303. The smallest absolute Gasteiger partial charge is 0.191 e. The molecule has 1 aliphatic carbocycles. The molecular formula is C18H23N3S. The van der Waals surface area contributed by atoms with Gasteiger partial charge in [0.25, 0.3) is 0 Å². The Morgan fingerprint density at radius 2 is 1.95 bits per heavy atom. The first kappa shape index (κ1) is 15.1. The minimum atomic E-state index is 0.303. The van der Waals surface area contributed by atoms with E-state index in [2.05, 4.69) is 64.3 Å². The average molecular weight is 313 g/mol. The van der Waals surface area contributed by atoms with E-state index in [0.717, 1.165) is 19.0 Å². The second kappa shape index (κ2) is 6.53. The molecule has 0 bridgehead atoms. The third-order valence-corrected chi connectivity index (χ3v) is 5.47. The van der Waals surface area contributed by atoms with Gasteiger partial charge in [0.15, 0.2) is 5.96 Å². The highest BCUT2D eigenvalue weighted by Crippen LogP contribution is 2.47. The molecule has 3 nitrogen and oxygen atoms in total. The summed E-state index contributed by atoms with van der Waals surface area (Å²) in [6, 6.07) is 13.0. The van der Waals surface area contributed by atoms with Crippen molar-refractivity contribution in [3.05, 3.63) is 57.8 Å². The zero-order valence-corrected chi connectivity index (χ0v) is 14.0. The fraction of sp³-hybridized carbons (Fsp3) is 0.389. The molecule has 116 valence electrons. The lowest BCUT2D eigenvalue weighted by Gasteiger charge is -2.19. The SMILES string of the molecule is CN=C(NCc1sccc1C)NCC1(c2ccccc2)CC1. The number of nitrogens with zero attached hydrogens (tertiary/aromatic N) is 1. The molecule has 1 aliphatic rings. The van der Waals surface area contributed by atoms with E-state index in [0.29, 0.717) is 5.41 Å². The normalized spacial score (nSPS) is 16.4. The van der Waals surface area contributed by atoms with Gasteiger partial charge in [0, 0.05) is 23.9 Å². The fourth-order valence-electron chi connectivity index (χ4n) is 2.73. The Hall–Kier alpha value is -1.81. The second-order valence-electron chi connectivity index (χ2n) is 5.95. The molecule has 1 aromatic heterocycles. The molecule has 0 saturated heterocycles. The highest BCUT2D eigenvalue weighted by Gasteiger charge is 2.43. The van der Waals surface area contributed by atoms with Crippen LogP contribution in [-0.2, 0) is 12.0 Å². The summed E-state index contributed by atoms with van der Waals surface area (Å²) in [6.07, 6.45) is 2.51. The summed E-state index contributed by atoms with van der Waals surface area (Å²) < 4.78 is 0. The van der Waals surface area contributed by atoms with E-state index >= 15 is 0 Å². The van der Waals surface area contributed by atoms with Crippen LogP contribution in [0.5, 0.6) is 0 Å². The van der Waals surface area contributed by atoms with Gasteiger partial charge in [-0.3, -0.25) is 4.99 Å². The summed E-state index contributed by atoms with van der Waals surface area (Å²) in [7, 11) is 1.83. The lowest BCUT2D eigenvalue weighted by atomic mass is 9.96. The molecule has 0 amide bonds. The molecule has 2 aromatic rings. The number of hydrogen-bond donors (Lipinski definition) is 2. The Bertz CT molecular complexity index is 641. The third-order valence-electron chi connectivity index (χ3n) is 4.44. The van der Waals surface area contributed by atoms with Crippen LogP contribution in [0.2, 0.25) is 0 Å². The van der Waals surface area contributed by atoms with E-state index < -0.39 is 0 Å². The van der Waals surface area contributed by atoms with Gasteiger partial charge in [-0.2, -0.15) is 0 Å². The highest BCUT2D eigenvalue weighted by atomic mass is 32.1. The molecule has 0 atom stereocenters. The lowest BCUT2D eigenvalue weighted by Crippen LogP contribution is -2.40. The maximum absolute atomic E-state index is 4.34. The third kappa shape index (κ3) is 3.33. The van der Waals surface area contributed by atoms with E-state index in [1.807, 2.05) is 7.05 Å². The molecule has 0 aliphatic heterocycles. The van der Waals surface area contributed by atoms with Gasteiger partial charge in [-0.1, -0.05) is 30.3 Å². The van der Waals surface area contributed by atoms with Crippen molar-refractivity contribution < 1.29 is 0 Å². The second-order valence-corrected chi connectivity index (χ2v) is 6.95. The van der Waals surface area contributed by atoms with Crippen LogP contribution >= 0.6 is 11.3 Å². The van der Waals surface area contributed by atoms with Crippen LogP contribution in [0.3, 0.4) is 0 Å². The Morgan fingerprint density at radius 3 is 2.55 bits per heavy atom. The van der Waals surface area contributed by atoms with Crippen molar-refractivity contribution in [1.29, 1.82) is 0 Å². The van der Waals surface area contributed by atoms with Gasteiger partial charge in [-0.05, 0) is 42.3 Å². The summed E-state index contributed by atoms with van der Waals surface area (Å²) in [6.45, 7) is 3.93. The number of hydrogen-bond acceptors (Lipinski definition) is 2. The summed E-state index contributed by atoms with van der Waals surface area (Å²) in [5, 5.41) is 9.05. The van der Waals surface area contributed by atoms with Crippen LogP contribution in [0.4, 0.5) is 0 Å². The number of thiophene rings is 1. The van der Waals surface area contributed by atoms with Crippen LogP contribution in [0.15, 0.2) is 46.8 Å². The molecule has 1 aromatic carbocycles. The van der Waals surface area contributed by atoms with Gasteiger partial charge < -0.3 is 10.6 Å². The van der Waals surface area contributed by atoms with Crippen molar-refractivity contribution in [2.45, 2.75) is 31.7 Å². The monoisotopic (exact) mass is 313 g/mol. The van der Waals surface area contributed by atoms with E-state index in [-0.39, 0.29) is 0 Å².